The highest BCUT2D eigenvalue weighted by Crippen LogP contribution is 2.19. The minimum absolute atomic E-state index is 0.0105. The van der Waals surface area contributed by atoms with E-state index in [0.29, 0.717) is 25.9 Å². The molecule has 0 aliphatic heterocycles. The molecule has 6 nitrogen and oxygen atoms in total. The lowest BCUT2D eigenvalue weighted by Gasteiger charge is -2.22. The number of ether oxygens (including phenoxy) is 1. The molecule has 0 fully saturated rings. The first-order valence-corrected chi connectivity index (χ1v) is 36.2. The summed E-state index contributed by atoms with van der Waals surface area (Å²) in [7, 11) is 0. The Morgan fingerprint density at radius 2 is 0.625 bits per heavy atom. The Morgan fingerprint density at radius 1 is 0.350 bits per heavy atom. The maximum atomic E-state index is 12.5. The van der Waals surface area contributed by atoms with Gasteiger partial charge >= 0.3 is 5.97 Å². The van der Waals surface area contributed by atoms with Crippen LogP contribution in [0.15, 0.2) is 36.5 Å². The van der Waals surface area contributed by atoms with Crippen LogP contribution in [0.4, 0.5) is 0 Å². The van der Waals surface area contributed by atoms with E-state index in [2.05, 4.69) is 55.6 Å². The third-order valence-electron chi connectivity index (χ3n) is 16.9. The van der Waals surface area contributed by atoms with Crippen LogP contribution >= 0.6 is 0 Å². The van der Waals surface area contributed by atoms with Crippen molar-refractivity contribution in [3.63, 3.8) is 0 Å². The van der Waals surface area contributed by atoms with Crippen LogP contribution in [0.3, 0.4) is 0 Å². The van der Waals surface area contributed by atoms with E-state index in [0.717, 1.165) is 51.4 Å². The van der Waals surface area contributed by atoms with E-state index in [1.54, 1.807) is 0 Å². The standard InChI is InChI=1S/C74H141NO5/c1-3-5-7-9-11-13-15-17-44-48-52-56-60-64-68-74(79)80-69-65-61-57-53-49-45-42-40-38-36-34-32-30-28-26-24-22-20-18-19-21-23-25-27-29-31-33-35-37-39-41-43-47-51-55-59-63-67-73(78)75-71(70-76)72(77)66-62-58-54-50-46-16-14-12-10-8-6-4-2/h15,17-18,20,24,26,71-72,76-77H,3-14,16,19,21-23,25,27-70H2,1-2H3,(H,75,78)/b17-15-,20-18-,26-24-. The molecule has 0 saturated heterocycles. The molecule has 0 spiro atoms. The zero-order valence-electron chi connectivity index (χ0n) is 54.1. The van der Waals surface area contributed by atoms with Crippen LogP contribution in [0.1, 0.15) is 399 Å². The predicted molar refractivity (Wildman–Crippen MR) is 352 cm³/mol. The summed E-state index contributed by atoms with van der Waals surface area (Å²) in [6, 6.07) is -0.538. The second kappa shape index (κ2) is 69.6. The van der Waals surface area contributed by atoms with Crippen LogP contribution in [0, 0.1) is 0 Å². The molecule has 0 aliphatic rings. The van der Waals surface area contributed by atoms with Crippen molar-refractivity contribution in [1.82, 2.24) is 5.32 Å². The SMILES string of the molecule is CCCCCCC/C=C\CCCCCCCC(=O)OCCCCCCCCCCCCCCC/C=C\C/C=C\CCCCCCCCCCCCCCCCCCCC(=O)NC(CO)C(O)CCCCCCCCCCCCCC. The molecule has 0 heterocycles. The van der Waals surface area contributed by atoms with E-state index >= 15 is 0 Å². The molecule has 0 radical (unpaired) electrons. The monoisotopic (exact) mass is 1120 g/mol. The summed E-state index contributed by atoms with van der Waals surface area (Å²) in [5.41, 5.74) is 0. The molecule has 0 aliphatic carbocycles. The smallest absolute Gasteiger partial charge is 0.305 e. The van der Waals surface area contributed by atoms with Gasteiger partial charge in [-0.15, -0.1) is 0 Å². The number of carbonyl (C=O) groups is 2. The highest BCUT2D eigenvalue weighted by Gasteiger charge is 2.20. The molecule has 3 N–H and O–H groups in total. The second-order valence-electron chi connectivity index (χ2n) is 24.9. The normalized spacial score (nSPS) is 12.7. The molecule has 0 bridgehead atoms. The molecule has 6 heteroatoms. The van der Waals surface area contributed by atoms with Gasteiger partial charge in [0.1, 0.15) is 0 Å². The highest BCUT2D eigenvalue weighted by atomic mass is 16.5. The van der Waals surface area contributed by atoms with Gasteiger partial charge < -0.3 is 20.3 Å². The Labute approximate surface area is 500 Å². The second-order valence-corrected chi connectivity index (χ2v) is 24.9. The van der Waals surface area contributed by atoms with Gasteiger partial charge in [-0.25, -0.2) is 0 Å². The van der Waals surface area contributed by atoms with Gasteiger partial charge in [-0.05, 0) is 83.5 Å². The van der Waals surface area contributed by atoms with Gasteiger partial charge in [0.05, 0.1) is 25.4 Å². The lowest BCUT2D eigenvalue weighted by atomic mass is 10.0. The van der Waals surface area contributed by atoms with E-state index in [1.165, 1.54) is 315 Å². The highest BCUT2D eigenvalue weighted by molar-refractivity contribution is 5.76. The number of esters is 1. The maximum absolute atomic E-state index is 12.5. The van der Waals surface area contributed by atoms with E-state index in [9.17, 15) is 19.8 Å². The number of aliphatic hydroxyl groups excluding tert-OH is 2. The van der Waals surface area contributed by atoms with Crippen molar-refractivity contribution in [3.8, 4) is 0 Å². The van der Waals surface area contributed by atoms with Crippen LogP contribution < -0.4 is 5.32 Å². The lowest BCUT2D eigenvalue weighted by Crippen LogP contribution is -2.45. The summed E-state index contributed by atoms with van der Waals surface area (Å²) in [5.74, 6) is -0.0205. The number of aliphatic hydroxyl groups is 2. The topological polar surface area (TPSA) is 95.9 Å². The van der Waals surface area contributed by atoms with Gasteiger partial charge in [-0.3, -0.25) is 9.59 Å². The van der Waals surface area contributed by atoms with Crippen LogP contribution in [-0.4, -0.2) is 47.4 Å². The molecule has 1 amide bonds. The first-order valence-electron chi connectivity index (χ1n) is 36.2. The van der Waals surface area contributed by atoms with Crippen molar-refractivity contribution in [3.05, 3.63) is 36.5 Å². The number of nitrogens with one attached hydrogen (secondary N) is 1. The fourth-order valence-corrected chi connectivity index (χ4v) is 11.4. The Balaban J connectivity index is 3.34. The minimum atomic E-state index is -0.661. The first kappa shape index (κ1) is 78.1. The average Bonchev–Trinajstić information content (AvgIpc) is 3.46. The zero-order chi connectivity index (χ0) is 57.8. The first-order chi connectivity index (χ1) is 39.5. The number of rotatable bonds is 68. The number of allylic oxidation sites excluding steroid dienone is 6. The quantitative estimate of drug-likeness (QED) is 0.0320. The summed E-state index contributed by atoms with van der Waals surface area (Å²) in [4.78, 5) is 24.5. The molecule has 0 saturated carbocycles. The van der Waals surface area contributed by atoms with E-state index in [1.807, 2.05) is 0 Å². The Morgan fingerprint density at radius 3 is 0.963 bits per heavy atom. The maximum Gasteiger partial charge on any atom is 0.305 e. The molecular weight excluding hydrogens is 983 g/mol. The summed E-state index contributed by atoms with van der Waals surface area (Å²) >= 11 is 0. The third-order valence-corrected chi connectivity index (χ3v) is 16.9. The zero-order valence-corrected chi connectivity index (χ0v) is 54.1. The number of hydrogen-bond donors (Lipinski definition) is 3. The Kier molecular flexibility index (Phi) is 67.9. The van der Waals surface area contributed by atoms with Crippen molar-refractivity contribution in [2.45, 2.75) is 411 Å². The van der Waals surface area contributed by atoms with Gasteiger partial charge in [-0.2, -0.15) is 0 Å². The Bertz CT molecular complexity index is 1300. The molecule has 2 unspecified atom stereocenters. The Hall–Kier alpha value is -1.92. The van der Waals surface area contributed by atoms with Crippen LogP contribution in [0.25, 0.3) is 0 Å². The average molecular weight is 1120 g/mol. The van der Waals surface area contributed by atoms with Gasteiger partial charge in [-0.1, -0.05) is 339 Å². The molecule has 2 atom stereocenters. The van der Waals surface area contributed by atoms with Gasteiger partial charge in [0, 0.05) is 12.8 Å². The number of amides is 1. The molecule has 0 aromatic heterocycles. The molecular formula is C74H141NO5. The number of unbranched alkanes of at least 4 members (excludes halogenated alkanes) is 51. The molecule has 0 rings (SSSR count). The lowest BCUT2D eigenvalue weighted by molar-refractivity contribution is -0.143. The van der Waals surface area contributed by atoms with Crippen molar-refractivity contribution in [2.24, 2.45) is 0 Å². The summed E-state index contributed by atoms with van der Waals surface area (Å²) in [6.07, 6.45) is 89.3. The fourth-order valence-electron chi connectivity index (χ4n) is 11.4. The predicted octanol–water partition coefficient (Wildman–Crippen LogP) is 23.5. The largest absolute Gasteiger partial charge is 0.466 e. The summed E-state index contributed by atoms with van der Waals surface area (Å²) in [5, 5.41) is 23.3. The number of hydrogen-bond acceptors (Lipinski definition) is 5. The van der Waals surface area contributed by atoms with Gasteiger partial charge in [0.2, 0.25) is 5.91 Å². The van der Waals surface area contributed by atoms with Crippen LogP contribution in [0.2, 0.25) is 0 Å². The van der Waals surface area contributed by atoms with Gasteiger partial charge in [0.15, 0.2) is 0 Å². The fraction of sp³-hybridized carbons (Fsp3) is 0.892. The molecule has 472 valence electrons. The molecule has 0 aromatic rings. The van der Waals surface area contributed by atoms with Crippen molar-refractivity contribution in [1.29, 1.82) is 0 Å². The van der Waals surface area contributed by atoms with Crippen LogP contribution in [-0.2, 0) is 14.3 Å². The summed E-state index contributed by atoms with van der Waals surface area (Å²) in [6.45, 7) is 4.96. The van der Waals surface area contributed by atoms with Crippen molar-refractivity contribution in [2.75, 3.05) is 13.2 Å². The molecule has 80 heavy (non-hydrogen) atoms. The van der Waals surface area contributed by atoms with Crippen molar-refractivity contribution >= 4 is 11.9 Å². The van der Waals surface area contributed by atoms with Gasteiger partial charge in [0.25, 0.3) is 0 Å². The number of carbonyl (C=O) groups excluding carboxylic acids is 2. The summed E-state index contributed by atoms with van der Waals surface area (Å²) < 4.78 is 5.49. The third kappa shape index (κ3) is 65.2. The van der Waals surface area contributed by atoms with E-state index in [4.69, 9.17) is 4.74 Å². The van der Waals surface area contributed by atoms with Crippen LogP contribution in [0.5, 0.6) is 0 Å². The minimum Gasteiger partial charge on any atom is -0.466 e. The van der Waals surface area contributed by atoms with E-state index in [-0.39, 0.29) is 18.5 Å². The van der Waals surface area contributed by atoms with E-state index < -0.39 is 12.1 Å². The molecule has 0 aromatic carbocycles. The van der Waals surface area contributed by atoms with Crippen molar-refractivity contribution < 1.29 is 24.5 Å².